The van der Waals surface area contributed by atoms with E-state index in [2.05, 4.69) is 15.3 Å². The van der Waals surface area contributed by atoms with Crippen molar-refractivity contribution in [3.05, 3.63) is 71.3 Å². The van der Waals surface area contributed by atoms with Gasteiger partial charge in [-0.3, -0.25) is 9.59 Å². The van der Waals surface area contributed by atoms with Crippen LogP contribution in [0.4, 0.5) is 13.2 Å². The molecule has 2 saturated carbocycles. The third-order valence-corrected chi connectivity index (χ3v) is 7.79. The zero-order valence-electron chi connectivity index (χ0n) is 19.3. The normalized spacial score (nSPS) is 29.4. The van der Waals surface area contributed by atoms with E-state index in [0.717, 1.165) is 12.1 Å². The number of carbonyl (C=O) groups is 2. The first-order valence-electron chi connectivity index (χ1n) is 11.4. The van der Waals surface area contributed by atoms with Gasteiger partial charge in [-0.2, -0.15) is 28.5 Å². The summed E-state index contributed by atoms with van der Waals surface area (Å²) >= 11 is 0. The average Bonchev–Trinajstić information content (AvgIpc) is 3.13. The molecule has 0 amide bonds. The molecular formula is C25H25F3N6O2. The quantitative estimate of drug-likeness (QED) is 0.209. The molecule has 2 aliphatic carbocycles. The van der Waals surface area contributed by atoms with E-state index in [0.29, 0.717) is 24.0 Å². The van der Waals surface area contributed by atoms with Gasteiger partial charge in [0, 0.05) is 12.0 Å². The summed E-state index contributed by atoms with van der Waals surface area (Å²) < 4.78 is 38.1. The Hall–Kier alpha value is -3.76. The lowest BCUT2D eigenvalue weighted by atomic mass is 9.57. The van der Waals surface area contributed by atoms with E-state index in [1.165, 1.54) is 12.1 Å². The van der Waals surface area contributed by atoms with Crippen LogP contribution in [0.2, 0.25) is 0 Å². The van der Waals surface area contributed by atoms with Crippen LogP contribution in [0, 0.1) is 16.5 Å². The van der Waals surface area contributed by atoms with Crippen molar-refractivity contribution in [3.63, 3.8) is 0 Å². The number of benzene rings is 2. The fraction of sp³-hybridized carbons (Fsp3) is 0.400. The van der Waals surface area contributed by atoms with Crippen molar-refractivity contribution < 1.29 is 22.8 Å². The molecule has 2 aliphatic rings. The summed E-state index contributed by atoms with van der Waals surface area (Å²) in [5.41, 5.74) is 14.0. The second kappa shape index (κ2) is 9.03. The fourth-order valence-electron chi connectivity index (χ4n) is 5.79. The van der Waals surface area contributed by atoms with Crippen LogP contribution in [0.3, 0.4) is 0 Å². The summed E-state index contributed by atoms with van der Waals surface area (Å²) in [4.78, 5) is 25.0. The number of carbonyl (C=O) groups excluding carboxylic acids is 2. The summed E-state index contributed by atoms with van der Waals surface area (Å²) in [6, 6.07) is 14.2. The van der Waals surface area contributed by atoms with Crippen molar-refractivity contribution in [3.8, 4) is 0 Å². The molecule has 1 atom stereocenters. The van der Waals surface area contributed by atoms with E-state index >= 15 is 0 Å². The Morgan fingerprint density at radius 2 is 1.56 bits per heavy atom. The molecule has 4 rings (SSSR count). The van der Waals surface area contributed by atoms with E-state index in [1.807, 2.05) is 30.3 Å². The van der Waals surface area contributed by atoms with E-state index in [1.54, 1.807) is 0 Å². The zero-order chi connectivity index (χ0) is 26.2. The molecule has 11 heteroatoms. The third-order valence-electron chi connectivity index (χ3n) is 7.79. The third kappa shape index (κ3) is 3.92. The van der Waals surface area contributed by atoms with Gasteiger partial charge in [-0.25, -0.2) is 11.1 Å². The molecular weight excluding hydrogens is 473 g/mol. The molecule has 188 valence electrons. The number of nitrogens with two attached hydrogens (primary N) is 1. The highest BCUT2D eigenvalue weighted by molar-refractivity contribution is 6.44. The number of hydrogen-bond acceptors (Lipinski definition) is 8. The summed E-state index contributed by atoms with van der Waals surface area (Å²) in [6.45, 7) is 0. The number of ketones is 2. The average molecular weight is 499 g/mol. The zero-order valence-corrected chi connectivity index (χ0v) is 19.3. The molecule has 8 nitrogen and oxygen atoms in total. The number of nitrogens with one attached hydrogen (secondary N) is 2. The highest BCUT2D eigenvalue weighted by atomic mass is 19.4. The van der Waals surface area contributed by atoms with Crippen molar-refractivity contribution in [2.45, 2.75) is 55.8 Å². The van der Waals surface area contributed by atoms with Crippen LogP contribution in [0.1, 0.15) is 53.6 Å². The summed E-state index contributed by atoms with van der Waals surface area (Å²) in [6.07, 6.45) is -3.36. The standard InChI is InChI=1S/C25H25F3N6O2/c26-25(27,28)20(35)17-8-6-16(7-9-17)14-22(33-30)10-12-23(13-11-22)21(36)19(32-29)15-24(23,34-31)18-4-2-1-3-5-18/h1-9,30-31H,10-15,29H2. The Balaban J connectivity index is 1.62. The maximum Gasteiger partial charge on any atom is 0.454 e. The molecule has 2 fully saturated rings. The lowest BCUT2D eigenvalue weighted by molar-refractivity contribution is -0.127. The van der Waals surface area contributed by atoms with Gasteiger partial charge in [0.15, 0.2) is 5.78 Å². The minimum absolute atomic E-state index is 0.107. The van der Waals surface area contributed by atoms with E-state index in [-0.39, 0.29) is 37.2 Å². The lowest BCUT2D eigenvalue weighted by Crippen LogP contribution is -2.50. The molecule has 0 heterocycles. The molecule has 0 bridgehead atoms. The van der Waals surface area contributed by atoms with Gasteiger partial charge in [-0.15, -0.1) is 0 Å². The molecule has 2 aromatic rings. The van der Waals surface area contributed by atoms with E-state index < -0.39 is 34.0 Å². The van der Waals surface area contributed by atoms with Crippen LogP contribution in [0.25, 0.3) is 0 Å². The van der Waals surface area contributed by atoms with Gasteiger partial charge in [0.25, 0.3) is 5.78 Å². The summed E-state index contributed by atoms with van der Waals surface area (Å²) in [5.74, 6) is 3.37. The van der Waals surface area contributed by atoms with Gasteiger partial charge in [0.2, 0.25) is 0 Å². The molecule has 1 spiro atoms. The number of hydrogen-bond donors (Lipinski definition) is 3. The van der Waals surface area contributed by atoms with Gasteiger partial charge in [0.05, 0.1) is 11.0 Å². The number of Topliss-reactive ketones (excluding diaryl/α,β-unsaturated/α-hetero) is 2. The van der Waals surface area contributed by atoms with E-state index in [9.17, 15) is 22.8 Å². The maximum absolute atomic E-state index is 13.5. The van der Waals surface area contributed by atoms with Crippen molar-refractivity contribution in [1.29, 1.82) is 11.1 Å². The van der Waals surface area contributed by atoms with Gasteiger partial charge in [0.1, 0.15) is 11.3 Å². The molecule has 1 unspecified atom stereocenters. The van der Waals surface area contributed by atoms with Crippen molar-refractivity contribution in [2.24, 2.45) is 26.6 Å². The van der Waals surface area contributed by atoms with Gasteiger partial charge in [-0.05, 0) is 43.2 Å². The minimum Gasteiger partial charge on any atom is -0.323 e. The predicted octanol–water partition coefficient (Wildman–Crippen LogP) is 5.52. The molecule has 0 aromatic heterocycles. The first kappa shape index (κ1) is 25.3. The topological polar surface area (TPSA) is 145 Å². The Bertz CT molecular complexity index is 1220. The molecule has 0 saturated heterocycles. The van der Waals surface area contributed by atoms with Crippen molar-refractivity contribution in [1.82, 2.24) is 0 Å². The maximum atomic E-state index is 13.5. The SMILES string of the molecule is N=NC1(Cc2ccc(C(=O)C(F)(F)F)cc2)CCC2(CC1)C(=O)C(=NN)CC2(N=N)c1ccccc1. The van der Waals surface area contributed by atoms with Gasteiger partial charge >= 0.3 is 6.18 Å². The highest BCUT2D eigenvalue weighted by Crippen LogP contribution is 2.61. The summed E-state index contributed by atoms with van der Waals surface area (Å²) in [5, 5.41) is 11.6. The van der Waals surface area contributed by atoms with Crippen LogP contribution in [-0.2, 0) is 16.8 Å². The summed E-state index contributed by atoms with van der Waals surface area (Å²) in [7, 11) is 0. The highest BCUT2D eigenvalue weighted by Gasteiger charge is 2.66. The number of hydrazone groups is 1. The van der Waals surface area contributed by atoms with Crippen molar-refractivity contribution in [2.75, 3.05) is 0 Å². The first-order valence-corrected chi connectivity index (χ1v) is 11.4. The monoisotopic (exact) mass is 498 g/mol. The lowest BCUT2D eigenvalue weighted by Gasteiger charge is -2.47. The Morgan fingerprint density at radius 3 is 2.06 bits per heavy atom. The molecule has 0 aliphatic heterocycles. The number of halogens is 3. The number of nitrogens with zero attached hydrogens (tertiary/aromatic N) is 3. The van der Waals surface area contributed by atoms with Crippen LogP contribution in [0.5, 0.6) is 0 Å². The first-order chi connectivity index (χ1) is 17.1. The Morgan fingerprint density at radius 1 is 0.944 bits per heavy atom. The fourth-order valence-corrected chi connectivity index (χ4v) is 5.79. The molecule has 0 radical (unpaired) electrons. The molecule has 2 aromatic carbocycles. The Kier molecular flexibility index (Phi) is 6.36. The van der Waals surface area contributed by atoms with Crippen molar-refractivity contribution >= 4 is 17.3 Å². The predicted molar refractivity (Wildman–Crippen MR) is 124 cm³/mol. The van der Waals surface area contributed by atoms with Crippen LogP contribution >= 0.6 is 0 Å². The smallest absolute Gasteiger partial charge is 0.323 e. The minimum atomic E-state index is -4.95. The van der Waals surface area contributed by atoms with Gasteiger partial charge in [-0.1, -0.05) is 54.6 Å². The number of rotatable bonds is 6. The largest absolute Gasteiger partial charge is 0.454 e. The molecule has 4 N–H and O–H groups in total. The van der Waals surface area contributed by atoms with Crippen LogP contribution < -0.4 is 5.84 Å². The Labute approximate surface area is 205 Å². The van der Waals surface area contributed by atoms with E-state index in [4.69, 9.17) is 16.9 Å². The van der Waals surface area contributed by atoms with Crippen LogP contribution in [-0.4, -0.2) is 29.0 Å². The number of alkyl halides is 3. The second-order valence-electron chi connectivity index (χ2n) is 9.54. The van der Waals surface area contributed by atoms with Crippen LogP contribution in [0.15, 0.2) is 69.9 Å². The van der Waals surface area contributed by atoms with Gasteiger partial charge < -0.3 is 5.84 Å². The molecule has 36 heavy (non-hydrogen) atoms. The second-order valence-corrected chi connectivity index (χ2v) is 9.54.